The number of nitrogens with zero attached hydrogens (tertiary/aromatic N) is 1. The van der Waals surface area contributed by atoms with Crippen molar-refractivity contribution in [1.82, 2.24) is 5.32 Å². The Morgan fingerprint density at radius 2 is 1.95 bits per heavy atom. The fraction of sp³-hybridized carbons (Fsp3) is 0.538. The normalized spacial score (nSPS) is 15.9. The van der Waals surface area contributed by atoms with Crippen molar-refractivity contribution in [3.63, 3.8) is 0 Å². The number of non-ortho nitro benzene ring substituents is 1. The first-order chi connectivity index (χ1) is 10.1. The molecule has 8 heteroatoms. The summed E-state index contributed by atoms with van der Waals surface area (Å²) in [5.74, 6) is 0. The summed E-state index contributed by atoms with van der Waals surface area (Å²) in [5, 5.41) is 17.5. The van der Waals surface area contributed by atoms with Gasteiger partial charge in [0, 0.05) is 18.7 Å². The van der Waals surface area contributed by atoms with Gasteiger partial charge in [-0.05, 0) is 25.9 Å². The zero-order valence-electron chi connectivity index (χ0n) is 11.4. The van der Waals surface area contributed by atoms with Gasteiger partial charge in [0.05, 0.1) is 33.4 Å². The first-order valence-electron chi connectivity index (χ1n) is 6.77. The van der Waals surface area contributed by atoms with E-state index in [0.29, 0.717) is 18.8 Å². The standard InChI is InChI=1S/C13H17Cl2N3O3/c14-11-7-9(18(19)20)8-12(15)13(11)17-5-6-21-10-1-3-16-4-2-10/h7-8,10,16-17H,1-6H2. The Bertz CT molecular complexity index is 484. The van der Waals surface area contributed by atoms with Gasteiger partial charge in [-0.15, -0.1) is 0 Å². The number of halogens is 2. The maximum atomic E-state index is 10.7. The van der Waals surface area contributed by atoms with Crippen LogP contribution in [0.5, 0.6) is 0 Å². The highest BCUT2D eigenvalue weighted by Crippen LogP contribution is 2.34. The molecular weight excluding hydrogens is 317 g/mol. The topological polar surface area (TPSA) is 76.4 Å². The summed E-state index contributed by atoms with van der Waals surface area (Å²) in [7, 11) is 0. The summed E-state index contributed by atoms with van der Waals surface area (Å²) in [6.45, 7) is 3.05. The van der Waals surface area contributed by atoms with Crippen LogP contribution in [0, 0.1) is 10.1 Å². The largest absolute Gasteiger partial charge is 0.380 e. The fourth-order valence-electron chi connectivity index (χ4n) is 2.20. The van der Waals surface area contributed by atoms with Crippen LogP contribution in [-0.2, 0) is 4.74 Å². The van der Waals surface area contributed by atoms with Gasteiger partial charge in [0.25, 0.3) is 5.69 Å². The SMILES string of the molecule is O=[N+]([O-])c1cc(Cl)c(NCCOC2CCNCC2)c(Cl)c1. The molecule has 0 unspecified atom stereocenters. The molecule has 1 heterocycles. The monoisotopic (exact) mass is 333 g/mol. The van der Waals surface area contributed by atoms with E-state index in [1.54, 1.807) is 0 Å². The number of hydrogen-bond acceptors (Lipinski definition) is 5. The van der Waals surface area contributed by atoms with Gasteiger partial charge in [-0.2, -0.15) is 0 Å². The zero-order valence-corrected chi connectivity index (χ0v) is 12.9. The summed E-state index contributed by atoms with van der Waals surface area (Å²) >= 11 is 12.0. The Morgan fingerprint density at radius 3 is 2.52 bits per heavy atom. The van der Waals surface area contributed by atoms with Gasteiger partial charge in [-0.3, -0.25) is 10.1 Å². The van der Waals surface area contributed by atoms with Crippen molar-refractivity contribution in [2.24, 2.45) is 0 Å². The lowest BCUT2D eigenvalue weighted by atomic mass is 10.1. The van der Waals surface area contributed by atoms with Crippen LogP contribution in [0.3, 0.4) is 0 Å². The molecule has 1 fully saturated rings. The highest BCUT2D eigenvalue weighted by molar-refractivity contribution is 6.39. The van der Waals surface area contributed by atoms with E-state index in [2.05, 4.69) is 10.6 Å². The van der Waals surface area contributed by atoms with Gasteiger partial charge in [-0.1, -0.05) is 23.2 Å². The molecule has 0 amide bonds. The van der Waals surface area contributed by atoms with Crippen molar-refractivity contribution >= 4 is 34.6 Å². The quantitative estimate of drug-likeness (QED) is 0.475. The summed E-state index contributed by atoms with van der Waals surface area (Å²) in [5.41, 5.74) is 0.374. The highest BCUT2D eigenvalue weighted by Gasteiger charge is 2.15. The van der Waals surface area contributed by atoms with E-state index in [-0.39, 0.29) is 21.8 Å². The summed E-state index contributed by atoms with van der Waals surface area (Å²) in [6.07, 6.45) is 2.31. The van der Waals surface area contributed by atoms with Crippen LogP contribution in [-0.4, -0.2) is 37.3 Å². The van der Waals surface area contributed by atoms with Gasteiger partial charge < -0.3 is 15.4 Å². The third-order valence-corrected chi connectivity index (χ3v) is 3.88. The molecule has 2 rings (SSSR count). The number of ether oxygens (including phenoxy) is 1. The molecule has 0 bridgehead atoms. The molecule has 1 saturated heterocycles. The number of rotatable bonds is 6. The third kappa shape index (κ3) is 4.71. The Hall–Kier alpha value is -1.08. The first kappa shape index (κ1) is 16.3. The molecule has 0 aromatic heterocycles. The van der Waals surface area contributed by atoms with E-state index in [0.717, 1.165) is 25.9 Å². The third-order valence-electron chi connectivity index (χ3n) is 3.28. The van der Waals surface area contributed by atoms with Crippen LogP contribution < -0.4 is 10.6 Å². The molecule has 1 aromatic carbocycles. The van der Waals surface area contributed by atoms with Crippen LogP contribution in [0.1, 0.15) is 12.8 Å². The molecule has 0 atom stereocenters. The first-order valence-corrected chi connectivity index (χ1v) is 7.53. The lowest BCUT2D eigenvalue weighted by Gasteiger charge is -2.23. The molecule has 1 aliphatic rings. The van der Waals surface area contributed by atoms with Crippen molar-refractivity contribution < 1.29 is 9.66 Å². The fourth-order valence-corrected chi connectivity index (χ4v) is 2.81. The van der Waals surface area contributed by atoms with Crippen LogP contribution in [0.4, 0.5) is 11.4 Å². The number of nitrogens with one attached hydrogen (secondary N) is 2. The van der Waals surface area contributed by atoms with E-state index in [9.17, 15) is 10.1 Å². The van der Waals surface area contributed by atoms with Crippen molar-refractivity contribution in [3.05, 3.63) is 32.3 Å². The molecule has 0 saturated carbocycles. The van der Waals surface area contributed by atoms with Gasteiger partial charge >= 0.3 is 0 Å². The lowest BCUT2D eigenvalue weighted by Crippen LogP contribution is -2.33. The summed E-state index contributed by atoms with van der Waals surface area (Å²) in [6, 6.07) is 2.56. The molecule has 1 aliphatic heterocycles. The van der Waals surface area contributed by atoms with Crippen molar-refractivity contribution in [2.45, 2.75) is 18.9 Å². The number of benzene rings is 1. The Morgan fingerprint density at radius 1 is 1.33 bits per heavy atom. The Labute approximate surface area is 132 Å². The number of hydrogen-bond donors (Lipinski definition) is 2. The van der Waals surface area contributed by atoms with E-state index >= 15 is 0 Å². The van der Waals surface area contributed by atoms with Crippen LogP contribution in [0.25, 0.3) is 0 Å². The van der Waals surface area contributed by atoms with Crippen LogP contribution in [0.2, 0.25) is 10.0 Å². The molecule has 6 nitrogen and oxygen atoms in total. The minimum absolute atomic E-state index is 0.124. The average molecular weight is 334 g/mol. The molecular formula is C13H17Cl2N3O3. The van der Waals surface area contributed by atoms with Gasteiger partial charge in [0.15, 0.2) is 0 Å². The van der Waals surface area contributed by atoms with Gasteiger partial charge in [0.1, 0.15) is 0 Å². The second-order valence-electron chi connectivity index (χ2n) is 4.79. The minimum Gasteiger partial charge on any atom is -0.380 e. The molecule has 0 aliphatic carbocycles. The maximum absolute atomic E-state index is 10.7. The van der Waals surface area contributed by atoms with E-state index in [1.165, 1.54) is 12.1 Å². The number of nitro benzene ring substituents is 1. The van der Waals surface area contributed by atoms with E-state index < -0.39 is 4.92 Å². The predicted molar refractivity (Wildman–Crippen MR) is 83.4 cm³/mol. The second-order valence-corrected chi connectivity index (χ2v) is 5.60. The van der Waals surface area contributed by atoms with Crippen molar-refractivity contribution in [2.75, 3.05) is 31.6 Å². The predicted octanol–water partition coefficient (Wildman–Crippen LogP) is 3.08. The van der Waals surface area contributed by atoms with E-state index in [4.69, 9.17) is 27.9 Å². The van der Waals surface area contributed by atoms with Gasteiger partial charge in [-0.25, -0.2) is 0 Å². The average Bonchev–Trinajstić information content (AvgIpc) is 2.46. The van der Waals surface area contributed by atoms with Crippen LogP contribution >= 0.6 is 23.2 Å². The van der Waals surface area contributed by atoms with E-state index in [1.807, 2.05) is 0 Å². The van der Waals surface area contributed by atoms with Crippen LogP contribution in [0.15, 0.2) is 12.1 Å². The highest BCUT2D eigenvalue weighted by atomic mass is 35.5. The minimum atomic E-state index is -0.526. The Balaban J connectivity index is 1.84. The molecule has 0 radical (unpaired) electrons. The Kier molecular flexibility index (Phi) is 6.05. The lowest BCUT2D eigenvalue weighted by molar-refractivity contribution is -0.384. The molecule has 21 heavy (non-hydrogen) atoms. The maximum Gasteiger partial charge on any atom is 0.272 e. The number of piperidine rings is 1. The summed E-state index contributed by atoms with van der Waals surface area (Å²) in [4.78, 5) is 10.2. The molecule has 116 valence electrons. The second kappa shape index (κ2) is 7.79. The number of anilines is 1. The number of nitro groups is 1. The molecule has 1 aromatic rings. The molecule has 2 N–H and O–H groups in total. The molecule has 0 spiro atoms. The van der Waals surface area contributed by atoms with Gasteiger partial charge in [0.2, 0.25) is 0 Å². The summed E-state index contributed by atoms with van der Waals surface area (Å²) < 4.78 is 5.75. The van der Waals surface area contributed by atoms with Crippen molar-refractivity contribution in [1.29, 1.82) is 0 Å². The zero-order chi connectivity index (χ0) is 15.2. The smallest absolute Gasteiger partial charge is 0.272 e. The van der Waals surface area contributed by atoms with Crippen molar-refractivity contribution in [3.8, 4) is 0 Å².